The van der Waals surface area contributed by atoms with Crippen molar-refractivity contribution in [1.82, 2.24) is 0 Å². The van der Waals surface area contributed by atoms with Gasteiger partial charge in [-0.25, -0.2) is 4.79 Å². The number of hydrogen-bond donors (Lipinski definition) is 0. The van der Waals surface area contributed by atoms with Crippen molar-refractivity contribution in [3.63, 3.8) is 0 Å². The van der Waals surface area contributed by atoms with Crippen LogP contribution in [0.5, 0.6) is 0 Å². The summed E-state index contributed by atoms with van der Waals surface area (Å²) in [4.78, 5) is 11.7. The Morgan fingerprint density at radius 1 is 1.32 bits per heavy atom. The first-order valence-electron chi connectivity index (χ1n) is 8.02. The molecule has 0 saturated carbocycles. The van der Waals surface area contributed by atoms with Crippen molar-refractivity contribution < 1.29 is 18.7 Å². The van der Waals surface area contributed by atoms with E-state index < -0.39 is 8.32 Å². The van der Waals surface area contributed by atoms with Crippen LogP contribution >= 0.6 is 0 Å². The van der Waals surface area contributed by atoms with Crippen LogP contribution in [0.25, 0.3) is 0 Å². The van der Waals surface area contributed by atoms with Gasteiger partial charge in [0.15, 0.2) is 8.32 Å². The maximum Gasteiger partial charge on any atom is 0.334 e. The first-order valence-corrected chi connectivity index (χ1v) is 10.9. The molecule has 1 aliphatic heterocycles. The van der Waals surface area contributed by atoms with Gasteiger partial charge in [0.2, 0.25) is 0 Å². The van der Waals surface area contributed by atoms with E-state index in [2.05, 4.69) is 33.9 Å². The van der Waals surface area contributed by atoms with E-state index >= 15 is 0 Å². The molecule has 5 heteroatoms. The molecule has 4 nitrogen and oxygen atoms in total. The Balaban J connectivity index is 2.55. The SMILES string of the molecule is COC1=CC(=O)O[C@H](CCCO[Si](C)(C)C(C)(C)C)C1(C)C. The molecular formula is C17H32O4Si. The molecule has 1 rings (SSSR count). The van der Waals surface area contributed by atoms with Crippen LogP contribution in [0.4, 0.5) is 0 Å². The fraction of sp³-hybridized carbons (Fsp3) is 0.824. The van der Waals surface area contributed by atoms with Gasteiger partial charge in [-0.05, 0) is 44.8 Å². The molecule has 0 amide bonds. The zero-order valence-corrected chi connectivity index (χ0v) is 16.4. The summed E-state index contributed by atoms with van der Waals surface area (Å²) in [5, 5.41) is 0.218. The molecule has 0 aromatic heterocycles. The van der Waals surface area contributed by atoms with Gasteiger partial charge < -0.3 is 13.9 Å². The predicted octanol–water partition coefficient (Wildman–Crippen LogP) is 4.27. The van der Waals surface area contributed by atoms with Crippen LogP contribution in [0, 0.1) is 5.41 Å². The summed E-state index contributed by atoms with van der Waals surface area (Å²) >= 11 is 0. The van der Waals surface area contributed by atoms with Crippen LogP contribution in [0.3, 0.4) is 0 Å². The first kappa shape index (κ1) is 19.2. The third-order valence-electron chi connectivity index (χ3n) is 5.05. The van der Waals surface area contributed by atoms with Gasteiger partial charge in [0.05, 0.1) is 18.6 Å². The van der Waals surface area contributed by atoms with Gasteiger partial charge in [-0.3, -0.25) is 0 Å². The number of rotatable bonds is 6. The normalized spacial score (nSPS) is 22.1. The molecule has 0 aromatic carbocycles. The Hall–Kier alpha value is -0.813. The summed E-state index contributed by atoms with van der Waals surface area (Å²) < 4.78 is 17.0. The summed E-state index contributed by atoms with van der Waals surface area (Å²) in [7, 11) is -0.104. The summed E-state index contributed by atoms with van der Waals surface area (Å²) in [6, 6.07) is 0. The molecule has 1 aliphatic rings. The zero-order valence-electron chi connectivity index (χ0n) is 15.4. The van der Waals surface area contributed by atoms with E-state index in [9.17, 15) is 4.79 Å². The van der Waals surface area contributed by atoms with E-state index in [-0.39, 0.29) is 22.5 Å². The molecular weight excluding hydrogens is 296 g/mol. The molecule has 0 radical (unpaired) electrons. The maximum atomic E-state index is 11.7. The number of hydrogen-bond acceptors (Lipinski definition) is 4. The maximum absolute atomic E-state index is 11.7. The lowest BCUT2D eigenvalue weighted by Crippen LogP contribution is -2.42. The second-order valence-electron chi connectivity index (χ2n) is 8.11. The number of carbonyl (C=O) groups is 1. The van der Waals surface area contributed by atoms with Crippen LogP contribution < -0.4 is 0 Å². The van der Waals surface area contributed by atoms with Gasteiger partial charge in [0.25, 0.3) is 0 Å². The minimum absolute atomic E-state index is 0.164. The molecule has 22 heavy (non-hydrogen) atoms. The highest BCUT2D eigenvalue weighted by atomic mass is 28.4. The average Bonchev–Trinajstić information content (AvgIpc) is 2.36. The first-order chi connectivity index (χ1) is 9.91. The smallest absolute Gasteiger partial charge is 0.334 e. The van der Waals surface area contributed by atoms with Crippen molar-refractivity contribution in [1.29, 1.82) is 0 Å². The molecule has 0 aliphatic carbocycles. The van der Waals surface area contributed by atoms with Gasteiger partial charge >= 0.3 is 5.97 Å². The van der Waals surface area contributed by atoms with Crippen LogP contribution in [0.15, 0.2) is 11.8 Å². The standard InChI is InChI=1S/C17H32O4Si/c1-16(2,3)22(7,8)20-11-9-10-13-17(4,5)14(19-6)12-15(18)21-13/h12-13H,9-11H2,1-8H3/t13-/m1/s1. The van der Waals surface area contributed by atoms with Gasteiger partial charge in [0.1, 0.15) is 11.9 Å². The van der Waals surface area contributed by atoms with Crippen LogP contribution in [-0.2, 0) is 18.7 Å². The highest BCUT2D eigenvalue weighted by Gasteiger charge is 2.41. The van der Waals surface area contributed by atoms with Crippen molar-refractivity contribution in [3.05, 3.63) is 11.8 Å². The molecule has 0 spiro atoms. The summed E-state index contributed by atoms with van der Waals surface area (Å²) in [6.07, 6.45) is 2.95. The number of carbonyl (C=O) groups excluding carboxylic acids is 1. The molecule has 0 N–H and O–H groups in total. The topological polar surface area (TPSA) is 44.8 Å². The minimum Gasteiger partial charge on any atom is -0.500 e. The lowest BCUT2D eigenvalue weighted by atomic mass is 9.80. The molecule has 1 heterocycles. The number of cyclic esters (lactones) is 1. The Morgan fingerprint density at radius 2 is 1.91 bits per heavy atom. The van der Waals surface area contributed by atoms with E-state index in [1.807, 2.05) is 13.8 Å². The molecule has 128 valence electrons. The molecule has 0 fully saturated rings. The van der Waals surface area contributed by atoms with Crippen molar-refractivity contribution >= 4 is 14.3 Å². The van der Waals surface area contributed by atoms with Crippen LogP contribution in [0.1, 0.15) is 47.5 Å². The Bertz CT molecular complexity index is 432. The fourth-order valence-corrected chi connectivity index (χ4v) is 3.42. The highest BCUT2D eigenvalue weighted by molar-refractivity contribution is 6.74. The summed E-state index contributed by atoms with van der Waals surface area (Å²) in [5.41, 5.74) is -0.292. The van der Waals surface area contributed by atoms with Crippen molar-refractivity contribution in [2.45, 2.75) is 71.7 Å². The van der Waals surface area contributed by atoms with Crippen molar-refractivity contribution in [2.24, 2.45) is 5.41 Å². The largest absolute Gasteiger partial charge is 0.500 e. The third-order valence-corrected chi connectivity index (χ3v) is 9.59. The van der Waals surface area contributed by atoms with Gasteiger partial charge in [-0.15, -0.1) is 0 Å². The lowest BCUT2D eigenvalue weighted by molar-refractivity contribution is -0.153. The van der Waals surface area contributed by atoms with E-state index in [4.69, 9.17) is 13.9 Å². The second kappa shape index (κ2) is 6.75. The quantitative estimate of drug-likeness (QED) is 0.415. The molecule has 0 unspecified atom stereocenters. The third kappa shape index (κ3) is 4.35. The summed E-state index contributed by atoms with van der Waals surface area (Å²) in [6.45, 7) is 16.0. The highest BCUT2D eigenvalue weighted by Crippen LogP contribution is 2.39. The summed E-state index contributed by atoms with van der Waals surface area (Å²) in [5.74, 6) is 0.380. The molecule has 0 saturated heterocycles. The Kier molecular flexibility index (Phi) is 5.90. The molecule has 1 atom stereocenters. The van der Waals surface area contributed by atoms with E-state index in [0.29, 0.717) is 12.4 Å². The number of esters is 1. The lowest BCUT2D eigenvalue weighted by Gasteiger charge is -2.38. The van der Waals surface area contributed by atoms with Crippen molar-refractivity contribution in [3.8, 4) is 0 Å². The van der Waals surface area contributed by atoms with Crippen LogP contribution in [-0.4, -0.2) is 34.1 Å². The van der Waals surface area contributed by atoms with E-state index in [1.165, 1.54) is 6.08 Å². The predicted molar refractivity (Wildman–Crippen MR) is 91.1 cm³/mol. The van der Waals surface area contributed by atoms with Crippen LogP contribution in [0.2, 0.25) is 18.1 Å². The molecule has 0 aromatic rings. The van der Waals surface area contributed by atoms with Gasteiger partial charge in [-0.1, -0.05) is 20.8 Å². The minimum atomic E-state index is -1.71. The van der Waals surface area contributed by atoms with Gasteiger partial charge in [-0.2, -0.15) is 0 Å². The fourth-order valence-electron chi connectivity index (χ4n) is 2.33. The van der Waals surface area contributed by atoms with Crippen molar-refractivity contribution in [2.75, 3.05) is 13.7 Å². The van der Waals surface area contributed by atoms with Gasteiger partial charge in [0, 0.05) is 6.61 Å². The Morgan fingerprint density at radius 3 is 2.41 bits per heavy atom. The molecule has 0 bridgehead atoms. The number of methoxy groups -OCH3 is 1. The second-order valence-corrected chi connectivity index (χ2v) is 12.9. The Labute approximate surface area is 136 Å². The van der Waals surface area contributed by atoms with E-state index in [1.54, 1.807) is 7.11 Å². The monoisotopic (exact) mass is 328 g/mol. The zero-order chi connectivity index (χ0) is 17.2. The average molecular weight is 329 g/mol. The number of ether oxygens (including phenoxy) is 2. The van der Waals surface area contributed by atoms with E-state index in [0.717, 1.165) is 12.8 Å².